The van der Waals surface area contributed by atoms with E-state index in [1.165, 1.54) is 25.7 Å². The second-order valence-corrected chi connectivity index (χ2v) is 9.82. The quantitative estimate of drug-likeness (QED) is 0.803. The Kier molecular flexibility index (Phi) is 4.10. The van der Waals surface area contributed by atoms with Crippen LogP contribution in [0.4, 0.5) is 4.39 Å². The maximum atomic E-state index is 13.2. The van der Waals surface area contributed by atoms with Crippen LogP contribution >= 0.6 is 0 Å². The molecule has 4 aliphatic carbocycles. The van der Waals surface area contributed by atoms with Gasteiger partial charge in [-0.1, -0.05) is 6.92 Å². The summed E-state index contributed by atoms with van der Waals surface area (Å²) in [5.74, 6) is 4.14. The minimum absolute atomic E-state index is 0.230. The smallest absolute Gasteiger partial charge is 0.133 e. The molecule has 0 amide bonds. The van der Waals surface area contributed by atoms with Crippen LogP contribution in [0, 0.1) is 40.9 Å². The third-order valence-electron chi connectivity index (χ3n) is 8.84. The molecule has 1 N–H and O–H groups in total. The lowest BCUT2D eigenvalue weighted by Crippen LogP contribution is -2.51. The van der Waals surface area contributed by atoms with Crippen LogP contribution in [0.15, 0.2) is 0 Å². The summed E-state index contributed by atoms with van der Waals surface area (Å²) < 4.78 is 13.2. The number of carbonyl (C=O) groups excluding carboxylic acids is 1. The summed E-state index contributed by atoms with van der Waals surface area (Å²) >= 11 is 0. The maximum absolute atomic E-state index is 13.2. The average Bonchev–Trinajstić information content (AvgIpc) is 2.91. The van der Waals surface area contributed by atoms with Crippen LogP contribution in [0.3, 0.4) is 0 Å². The molecular formula is C21H33FO2. The van der Waals surface area contributed by atoms with E-state index in [0.29, 0.717) is 36.4 Å². The van der Waals surface area contributed by atoms with Crippen LogP contribution < -0.4 is 0 Å². The number of ketones is 1. The second-order valence-electron chi connectivity index (χ2n) is 9.82. The van der Waals surface area contributed by atoms with E-state index >= 15 is 0 Å². The highest BCUT2D eigenvalue weighted by molar-refractivity contribution is 5.79. The Hall–Kier alpha value is -0.440. The molecule has 0 aromatic rings. The van der Waals surface area contributed by atoms with E-state index in [4.69, 9.17) is 0 Å². The molecule has 8 atom stereocenters. The summed E-state index contributed by atoms with van der Waals surface area (Å²) in [7, 11) is 0. The van der Waals surface area contributed by atoms with E-state index in [2.05, 4.69) is 6.92 Å². The molecule has 136 valence electrons. The number of aliphatic hydroxyl groups is 1. The first-order valence-corrected chi connectivity index (χ1v) is 10.2. The number of rotatable bonds is 2. The molecule has 0 spiro atoms. The first kappa shape index (κ1) is 17.0. The molecule has 0 bridgehead atoms. The molecule has 0 saturated heterocycles. The third-order valence-corrected chi connectivity index (χ3v) is 8.84. The Morgan fingerprint density at radius 1 is 1.04 bits per heavy atom. The molecule has 2 nitrogen and oxygen atoms in total. The fourth-order valence-corrected chi connectivity index (χ4v) is 7.75. The molecule has 4 rings (SSSR count). The van der Waals surface area contributed by atoms with Crippen molar-refractivity contribution in [3.05, 3.63) is 0 Å². The van der Waals surface area contributed by atoms with Crippen molar-refractivity contribution >= 4 is 5.78 Å². The van der Waals surface area contributed by atoms with Gasteiger partial charge in [-0.05, 0) is 99.7 Å². The number of halogens is 1. The molecule has 0 unspecified atom stereocenters. The SMILES string of the molecule is CC(=O)[C@H]1CC[C@H]2[C@@H]3CC[C@H]4C[C@](O)(CF)CC[C@@H]4[C@H]3CC[C@]12C. The van der Waals surface area contributed by atoms with Crippen LogP contribution in [0.2, 0.25) is 0 Å². The third kappa shape index (κ3) is 2.40. The number of hydrogen-bond donors (Lipinski definition) is 1. The van der Waals surface area contributed by atoms with Crippen LogP contribution in [0.25, 0.3) is 0 Å². The van der Waals surface area contributed by atoms with Crippen molar-refractivity contribution in [1.29, 1.82) is 0 Å². The monoisotopic (exact) mass is 336 g/mol. The largest absolute Gasteiger partial charge is 0.387 e. The molecule has 24 heavy (non-hydrogen) atoms. The van der Waals surface area contributed by atoms with Crippen molar-refractivity contribution in [2.45, 2.75) is 77.2 Å². The number of fused-ring (bicyclic) bond motifs is 5. The zero-order chi connectivity index (χ0) is 17.1. The Morgan fingerprint density at radius 3 is 2.50 bits per heavy atom. The Morgan fingerprint density at radius 2 is 1.79 bits per heavy atom. The molecule has 0 heterocycles. The number of hydrogen-bond acceptors (Lipinski definition) is 2. The van der Waals surface area contributed by atoms with Crippen molar-refractivity contribution < 1.29 is 14.3 Å². The first-order chi connectivity index (χ1) is 11.4. The summed E-state index contributed by atoms with van der Waals surface area (Å²) in [5.41, 5.74) is -0.807. The van der Waals surface area contributed by atoms with Gasteiger partial charge in [-0.3, -0.25) is 4.79 Å². The van der Waals surface area contributed by atoms with Gasteiger partial charge in [-0.15, -0.1) is 0 Å². The predicted octanol–water partition coefficient (Wildman–Crippen LogP) is 4.54. The fraction of sp³-hybridized carbons (Fsp3) is 0.952. The van der Waals surface area contributed by atoms with Gasteiger partial charge >= 0.3 is 0 Å². The fourth-order valence-electron chi connectivity index (χ4n) is 7.75. The summed E-state index contributed by atoms with van der Waals surface area (Å²) in [5, 5.41) is 10.4. The van der Waals surface area contributed by atoms with Gasteiger partial charge in [0.2, 0.25) is 0 Å². The Bertz CT molecular complexity index is 520. The highest BCUT2D eigenvalue weighted by Gasteiger charge is 2.58. The van der Waals surface area contributed by atoms with Gasteiger partial charge < -0.3 is 5.11 Å². The standard InChI is InChI=1S/C21H33FO2/c1-13(23)18-5-6-19-17-4-3-14-11-21(24,12-22)10-8-15(14)16(17)7-9-20(18,19)2/h14-19,24H,3-12H2,1-2H3/t14-,15-,16+,17+,18+,19-,20+,21-/m0/s1. The number of alkyl halides is 1. The Balaban J connectivity index is 1.54. The van der Waals surface area contributed by atoms with E-state index in [1.807, 2.05) is 0 Å². The zero-order valence-corrected chi connectivity index (χ0v) is 15.3. The molecule has 0 aromatic carbocycles. The van der Waals surface area contributed by atoms with E-state index in [-0.39, 0.29) is 11.3 Å². The van der Waals surface area contributed by atoms with Gasteiger partial charge in [0.05, 0.1) is 5.60 Å². The van der Waals surface area contributed by atoms with Gasteiger partial charge in [-0.2, -0.15) is 0 Å². The minimum Gasteiger partial charge on any atom is -0.387 e. The lowest BCUT2D eigenvalue weighted by Gasteiger charge is -2.56. The van der Waals surface area contributed by atoms with Crippen molar-refractivity contribution in [3.8, 4) is 0 Å². The van der Waals surface area contributed by atoms with Crippen LogP contribution in [0.1, 0.15) is 71.6 Å². The van der Waals surface area contributed by atoms with E-state index in [1.54, 1.807) is 6.92 Å². The summed E-state index contributed by atoms with van der Waals surface area (Å²) in [6, 6.07) is 0. The summed E-state index contributed by atoms with van der Waals surface area (Å²) in [4.78, 5) is 12.1. The van der Waals surface area contributed by atoms with Gasteiger partial charge in [0.25, 0.3) is 0 Å². The maximum Gasteiger partial charge on any atom is 0.133 e. The molecule has 0 radical (unpaired) electrons. The lowest BCUT2D eigenvalue weighted by atomic mass is 9.49. The van der Waals surface area contributed by atoms with Gasteiger partial charge in [0, 0.05) is 5.92 Å². The van der Waals surface area contributed by atoms with Crippen molar-refractivity contribution in [3.63, 3.8) is 0 Å². The lowest BCUT2D eigenvalue weighted by molar-refractivity contribution is -0.131. The molecule has 0 aliphatic heterocycles. The van der Waals surface area contributed by atoms with Gasteiger partial charge in [0.15, 0.2) is 0 Å². The highest BCUT2D eigenvalue weighted by atomic mass is 19.1. The van der Waals surface area contributed by atoms with Crippen LogP contribution in [-0.4, -0.2) is 23.2 Å². The normalized spacial score (nSPS) is 53.8. The summed E-state index contributed by atoms with van der Waals surface area (Å²) in [6.07, 6.45) is 9.48. The van der Waals surface area contributed by atoms with Crippen molar-refractivity contribution in [1.82, 2.24) is 0 Å². The summed E-state index contributed by atoms with van der Waals surface area (Å²) in [6.45, 7) is 3.60. The average molecular weight is 336 g/mol. The second kappa shape index (κ2) is 5.79. The molecule has 0 aromatic heterocycles. The van der Waals surface area contributed by atoms with E-state index < -0.39 is 12.3 Å². The van der Waals surface area contributed by atoms with Crippen LogP contribution in [-0.2, 0) is 4.79 Å². The van der Waals surface area contributed by atoms with Crippen molar-refractivity contribution in [2.75, 3.05) is 6.67 Å². The van der Waals surface area contributed by atoms with E-state index in [9.17, 15) is 14.3 Å². The van der Waals surface area contributed by atoms with Gasteiger partial charge in [0.1, 0.15) is 12.5 Å². The molecule has 3 heteroatoms. The van der Waals surface area contributed by atoms with E-state index in [0.717, 1.165) is 31.1 Å². The van der Waals surface area contributed by atoms with Gasteiger partial charge in [-0.25, -0.2) is 4.39 Å². The molecule has 4 saturated carbocycles. The van der Waals surface area contributed by atoms with Crippen LogP contribution in [0.5, 0.6) is 0 Å². The highest BCUT2D eigenvalue weighted by Crippen LogP contribution is 2.64. The number of Topliss-reactive ketones (excluding diaryl/α,β-unsaturated/α-hetero) is 1. The zero-order valence-electron chi connectivity index (χ0n) is 15.3. The first-order valence-electron chi connectivity index (χ1n) is 10.2. The number of carbonyl (C=O) groups is 1. The Labute approximate surface area is 145 Å². The predicted molar refractivity (Wildman–Crippen MR) is 92.2 cm³/mol. The minimum atomic E-state index is -1.04. The molecule has 4 fully saturated rings. The topological polar surface area (TPSA) is 37.3 Å². The molecular weight excluding hydrogens is 303 g/mol. The van der Waals surface area contributed by atoms with Crippen molar-refractivity contribution in [2.24, 2.45) is 40.9 Å². The molecule has 4 aliphatic rings.